The maximum atomic E-state index is 12.7. The minimum atomic E-state index is -4.41. The van der Waals surface area contributed by atoms with E-state index in [0.717, 1.165) is 34.8 Å². The molecule has 4 rings (SSSR count). The molecule has 0 bridgehead atoms. The Hall–Kier alpha value is -2.43. The highest BCUT2D eigenvalue weighted by molar-refractivity contribution is 7.13. The second-order valence-electron chi connectivity index (χ2n) is 6.10. The fourth-order valence-electron chi connectivity index (χ4n) is 2.91. The summed E-state index contributed by atoms with van der Waals surface area (Å²) in [5.74, 6) is 1.60. The van der Waals surface area contributed by atoms with Crippen LogP contribution in [-0.2, 0) is 12.6 Å². The molecule has 3 aromatic heterocycles. The Morgan fingerprint density at radius 2 is 2.08 bits per heavy atom. The number of hydrogen-bond donors (Lipinski definition) is 0. The van der Waals surface area contributed by atoms with Gasteiger partial charge in [0.15, 0.2) is 16.6 Å². The Labute approximate surface area is 151 Å². The zero-order chi connectivity index (χ0) is 18.5. The molecule has 0 unspecified atom stereocenters. The van der Waals surface area contributed by atoms with Crippen molar-refractivity contribution in [2.45, 2.75) is 25.6 Å². The molecule has 0 radical (unpaired) electrons. The minimum absolute atomic E-state index is 0.0675. The van der Waals surface area contributed by atoms with Crippen molar-refractivity contribution in [2.75, 3.05) is 29.9 Å². The van der Waals surface area contributed by atoms with Crippen LogP contribution in [0.15, 0.2) is 17.8 Å². The average Bonchev–Trinajstić information content (AvgIpc) is 3.20. The van der Waals surface area contributed by atoms with Crippen molar-refractivity contribution in [2.24, 2.45) is 0 Å². The quantitative estimate of drug-likeness (QED) is 0.690. The largest absolute Gasteiger partial charge is 0.434 e. The number of halogens is 3. The third-order valence-electron chi connectivity index (χ3n) is 4.49. The molecule has 1 aliphatic rings. The lowest BCUT2D eigenvalue weighted by molar-refractivity contribution is -0.140. The summed E-state index contributed by atoms with van der Waals surface area (Å²) < 4.78 is 40.1. The molecular formula is C15H16F3N7S. The van der Waals surface area contributed by atoms with Gasteiger partial charge in [-0.15, -0.1) is 21.5 Å². The van der Waals surface area contributed by atoms with Gasteiger partial charge in [-0.2, -0.15) is 13.2 Å². The van der Waals surface area contributed by atoms with E-state index < -0.39 is 11.9 Å². The number of likely N-dealkylation sites (N-methyl/N-ethyl adjacent to an activating group) is 1. The second kappa shape index (κ2) is 6.08. The van der Waals surface area contributed by atoms with Gasteiger partial charge in [0.05, 0.1) is 6.04 Å². The lowest BCUT2D eigenvalue weighted by Gasteiger charge is -2.44. The van der Waals surface area contributed by atoms with Crippen molar-refractivity contribution < 1.29 is 13.2 Å². The van der Waals surface area contributed by atoms with Gasteiger partial charge in [0.25, 0.3) is 0 Å². The van der Waals surface area contributed by atoms with Crippen molar-refractivity contribution in [3.8, 4) is 0 Å². The molecule has 1 fully saturated rings. The lowest BCUT2D eigenvalue weighted by atomic mass is 10.1. The van der Waals surface area contributed by atoms with Crippen LogP contribution in [0.3, 0.4) is 0 Å². The molecule has 0 spiro atoms. The predicted octanol–water partition coefficient (Wildman–Crippen LogP) is 2.49. The van der Waals surface area contributed by atoms with Crippen molar-refractivity contribution in [3.05, 3.63) is 29.3 Å². The summed E-state index contributed by atoms with van der Waals surface area (Å²) in [5.41, 5.74) is -0.151. The summed E-state index contributed by atoms with van der Waals surface area (Å²) in [7, 11) is 1.77. The molecule has 1 saturated heterocycles. The summed E-state index contributed by atoms with van der Waals surface area (Å²) >= 11 is 1.00. The molecule has 0 aliphatic carbocycles. The molecule has 0 N–H and O–H groups in total. The Balaban J connectivity index is 1.49. The lowest BCUT2D eigenvalue weighted by Crippen LogP contribution is -2.59. The molecule has 26 heavy (non-hydrogen) atoms. The number of alkyl halides is 3. The van der Waals surface area contributed by atoms with E-state index in [2.05, 4.69) is 20.2 Å². The van der Waals surface area contributed by atoms with Gasteiger partial charge in [-0.05, 0) is 0 Å². The fraction of sp³-hybridized carbons (Fsp3) is 0.467. The van der Waals surface area contributed by atoms with Crippen LogP contribution in [0, 0.1) is 0 Å². The van der Waals surface area contributed by atoms with E-state index in [1.165, 1.54) is 0 Å². The van der Waals surface area contributed by atoms with Crippen LogP contribution in [0.25, 0.3) is 5.65 Å². The van der Waals surface area contributed by atoms with Gasteiger partial charge < -0.3 is 9.80 Å². The van der Waals surface area contributed by atoms with Gasteiger partial charge in [0.2, 0.25) is 5.65 Å². The van der Waals surface area contributed by atoms with E-state index in [4.69, 9.17) is 0 Å². The molecule has 0 saturated carbocycles. The SMILES string of the molecule is CCc1nnc2c(N3CC(N(C)c4nc(C(F)(F)F)cs4)C3)nccn12. The first-order valence-electron chi connectivity index (χ1n) is 8.07. The maximum Gasteiger partial charge on any atom is 0.434 e. The summed E-state index contributed by atoms with van der Waals surface area (Å²) in [5, 5.41) is 9.79. The van der Waals surface area contributed by atoms with Crippen LogP contribution in [0.2, 0.25) is 0 Å². The number of aromatic nitrogens is 5. The van der Waals surface area contributed by atoms with E-state index in [9.17, 15) is 13.2 Å². The van der Waals surface area contributed by atoms with Crippen molar-refractivity contribution in [3.63, 3.8) is 0 Å². The molecule has 7 nitrogen and oxygen atoms in total. The maximum absolute atomic E-state index is 12.7. The first kappa shape index (κ1) is 17.0. The van der Waals surface area contributed by atoms with Crippen LogP contribution >= 0.6 is 11.3 Å². The Kier molecular flexibility index (Phi) is 3.98. The molecule has 0 aromatic carbocycles. The van der Waals surface area contributed by atoms with Crippen LogP contribution in [0.1, 0.15) is 18.4 Å². The first-order chi connectivity index (χ1) is 12.4. The van der Waals surface area contributed by atoms with Crippen LogP contribution in [0.5, 0.6) is 0 Å². The van der Waals surface area contributed by atoms with Crippen LogP contribution < -0.4 is 9.80 Å². The summed E-state index contributed by atoms with van der Waals surface area (Å²) in [6.07, 6.45) is -0.110. The molecule has 1 aliphatic heterocycles. The average molecular weight is 383 g/mol. The molecule has 138 valence electrons. The van der Waals surface area contributed by atoms with Crippen LogP contribution in [-0.4, -0.2) is 50.7 Å². The predicted molar refractivity (Wildman–Crippen MR) is 91.7 cm³/mol. The number of nitrogens with zero attached hydrogens (tertiary/aromatic N) is 7. The Bertz CT molecular complexity index is 929. The Morgan fingerprint density at radius 1 is 1.31 bits per heavy atom. The second-order valence-corrected chi connectivity index (χ2v) is 6.93. The van der Waals surface area contributed by atoms with Crippen molar-refractivity contribution in [1.29, 1.82) is 0 Å². The fourth-order valence-corrected chi connectivity index (χ4v) is 3.78. The molecule has 11 heteroatoms. The van der Waals surface area contributed by atoms with Gasteiger partial charge in [-0.3, -0.25) is 4.40 Å². The van der Waals surface area contributed by atoms with Crippen molar-refractivity contribution in [1.82, 2.24) is 24.6 Å². The number of fused-ring (bicyclic) bond motifs is 1. The summed E-state index contributed by atoms with van der Waals surface area (Å²) in [6.45, 7) is 3.28. The number of hydrogen-bond acceptors (Lipinski definition) is 7. The standard InChI is InChI=1S/C15H16F3N7S/c1-3-11-21-22-13-12(19-4-5-25(11)13)24-6-9(7-24)23(2)14-20-10(8-26-14)15(16,17)18/h4-5,8-9H,3,6-7H2,1-2H3. The van der Waals surface area contributed by atoms with E-state index in [0.29, 0.717) is 23.9 Å². The number of anilines is 2. The number of thiazole rings is 1. The van der Waals surface area contributed by atoms with Gasteiger partial charge >= 0.3 is 6.18 Å². The van der Waals surface area contributed by atoms with E-state index >= 15 is 0 Å². The summed E-state index contributed by atoms with van der Waals surface area (Å²) in [6, 6.07) is 0.0675. The monoisotopic (exact) mass is 383 g/mol. The topological polar surface area (TPSA) is 62.5 Å². The highest BCUT2D eigenvalue weighted by Gasteiger charge is 2.37. The van der Waals surface area contributed by atoms with Gasteiger partial charge in [-0.25, -0.2) is 9.97 Å². The zero-order valence-corrected chi connectivity index (χ0v) is 14.9. The number of aryl methyl sites for hydroxylation is 1. The van der Waals surface area contributed by atoms with Gasteiger partial charge in [0.1, 0.15) is 5.82 Å². The highest BCUT2D eigenvalue weighted by atomic mass is 32.1. The van der Waals surface area contributed by atoms with Crippen molar-refractivity contribution >= 4 is 27.9 Å². The molecular weight excluding hydrogens is 367 g/mol. The van der Waals surface area contributed by atoms with E-state index in [1.807, 2.05) is 22.4 Å². The third kappa shape index (κ3) is 2.75. The first-order valence-corrected chi connectivity index (χ1v) is 8.95. The van der Waals surface area contributed by atoms with Gasteiger partial charge in [-0.1, -0.05) is 6.92 Å². The van der Waals surface area contributed by atoms with Crippen LogP contribution in [0.4, 0.5) is 24.1 Å². The third-order valence-corrected chi connectivity index (χ3v) is 5.42. The van der Waals surface area contributed by atoms with E-state index in [1.54, 1.807) is 18.1 Å². The zero-order valence-electron chi connectivity index (χ0n) is 14.1. The number of rotatable bonds is 4. The molecule has 3 aromatic rings. The Morgan fingerprint density at radius 3 is 2.73 bits per heavy atom. The normalized spacial score (nSPS) is 15.5. The minimum Gasteiger partial charge on any atom is -0.349 e. The molecule has 0 atom stereocenters. The molecule has 0 amide bonds. The van der Waals surface area contributed by atoms with Gasteiger partial charge in [0, 0.05) is 44.3 Å². The highest BCUT2D eigenvalue weighted by Crippen LogP contribution is 2.34. The van der Waals surface area contributed by atoms with E-state index in [-0.39, 0.29) is 6.04 Å². The summed E-state index contributed by atoms with van der Waals surface area (Å²) in [4.78, 5) is 11.9. The smallest absolute Gasteiger partial charge is 0.349 e. The molecule has 4 heterocycles.